The number of rotatable bonds is 4. The Labute approximate surface area is 138 Å². The van der Waals surface area contributed by atoms with Crippen LogP contribution in [0.15, 0.2) is 12.1 Å². The molecule has 124 valence electrons. The predicted molar refractivity (Wildman–Crippen MR) is 88.7 cm³/mol. The fourth-order valence-electron chi connectivity index (χ4n) is 2.58. The van der Waals surface area contributed by atoms with E-state index in [1.165, 1.54) is 5.56 Å². The quantitative estimate of drug-likeness (QED) is 0.918. The Morgan fingerprint density at radius 3 is 2.23 bits per heavy atom. The van der Waals surface area contributed by atoms with Crippen molar-refractivity contribution in [1.29, 1.82) is 0 Å². The van der Waals surface area contributed by atoms with Gasteiger partial charge in [-0.3, -0.25) is 4.79 Å². The van der Waals surface area contributed by atoms with Gasteiger partial charge in [0.25, 0.3) is 0 Å². The first kappa shape index (κ1) is 18.6. The SMILES string of the molecule is COc1cc2c(cc1OC)CN(C(=O)C(C)C(C)N)CC2.Cl. The van der Waals surface area contributed by atoms with E-state index < -0.39 is 0 Å². The molecule has 2 unspecified atom stereocenters. The van der Waals surface area contributed by atoms with Gasteiger partial charge >= 0.3 is 0 Å². The maximum atomic E-state index is 12.4. The monoisotopic (exact) mass is 328 g/mol. The summed E-state index contributed by atoms with van der Waals surface area (Å²) in [6.45, 7) is 5.08. The Bertz CT molecular complexity index is 534. The molecule has 0 aromatic heterocycles. The Morgan fingerprint density at radius 2 is 1.73 bits per heavy atom. The van der Waals surface area contributed by atoms with Crippen LogP contribution in [0.25, 0.3) is 0 Å². The van der Waals surface area contributed by atoms with Crippen LogP contribution in [0, 0.1) is 5.92 Å². The van der Waals surface area contributed by atoms with E-state index >= 15 is 0 Å². The predicted octanol–water partition coefficient (Wildman–Crippen LogP) is 1.99. The van der Waals surface area contributed by atoms with Gasteiger partial charge in [0.05, 0.1) is 20.1 Å². The molecule has 0 spiro atoms. The number of carbonyl (C=O) groups is 1. The zero-order chi connectivity index (χ0) is 15.6. The van der Waals surface area contributed by atoms with Gasteiger partial charge in [-0.25, -0.2) is 0 Å². The Kier molecular flexibility index (Phi) is 6.50. The fourth-order valence-corrected chi connectivity index (χ4v) is 2.58. The highest BCUT2D eigenvalue weighted by Crippen LogP contribution is 2.33. The number of ether oxygens (including phenoxy) is 2. The molecule has 1 aromatic rings. The maximum Gasteiger partial charge on any atom is 0.227 e. The molecule has 0 bridgehead atoms. The van der Waals surface area contributed by atoms with Crippen LogP contribution >= 0.6 is 12.4 Å². The number of benzene rings is 1. The minimum Gasteiger partial charge on any atom is -0.493 e. The van der Waals surface area contributed by atoms with Crippen LogP contribution in [0.2, 0.25) is 0 Å². The number of fused-ring (bicyclic) bond motifs is 1. The zero-order valence-corrected chi connectivity index (χ0v) is 14.4. The van der Waals surface area contributed by atoms with Gasteiger partial charge in [-0.2, -0.15) is 0 Å². The summed E-state index contributed by atoms with van der Waals surface area (Å²) >= 11 is 0. The molecule has 0 fully saturated rings. The molecule has 1 aromatic carbocycles. The molecule has 1 amide bonds. The van der Waals surface area contributed by atoms with Crippen molar-refractivity contribution in [2.75, 3.05) is 20.8 Å². The molecule has 1 heterocycles. The van der Waals surface area contributed by atoms with Crippen LogP contribution in [0.5, 0.6) is 11.5 Å². The number of nitrogens with zero attached hydrogens (tertiary/aromatic N) is 1. The first-order valence-corrected chi connectivity index (χ1v) is 7.26. The highest BCUT2D eigenvalue weighted by molar-refractivity contribution is 5.85. The topological polar surface area (TPSA) is 64.8 Å². The highest BCUT2D eigenvalue weighted by Gasteiger charge is 2.27. The molecule has 0 radical (unpaired) electrons. The molecular weight excluding hydrogens is 304 g/mol. The lowest BCUT2D eigenvalue weighted by atomic mass is 9.96. The average Bonchev–Trinajstić information content (AvgIpc) is 2.51. The van der Waals surface area contributed by atoms with E-state index in [1.54, 1.807) is 14.2 Å². The van der Waals surface area contributed by atoms with Crippen molar-refractivity contribution >= 4 is 18.3 Å². The normalized spacial score (nSPS) is 16.1. The van der Waals surface area contributed by atoms with E-state index in [9.17, 15) is 4.79 Å². The average molecular weight is 329 g/mol. The van der Waals surface area contributed by atoms with Gasteiger partial charge in [0.1, 0.15) is 0 Å². The van der Waals surface area contributed by atoms with Gasteiger partial charge in [-0.05, 0) is 36.6 Å². The van der Waals surface area contributed by atoms with E-state index in [2.05, 4.69) is 0 Å². The van der Waals surface area contributed by atoms with E-state index in [1.807, 2.05) is 30.9 Å². The van der Waals surface area contributed by atoms with Crippen molar-refractivity contribution in [2.24, 2.45) is 11.7 Å². The summed E-state index contributed by atoms with van der Waals surface area (Å²) in [5.41, 5.74) is 8.17. The summed E-state index contributed by atoms with van der Waals surface area (Å²) in [6.07, 6.45) is 0.826. The van der Waals surface area contributed by atoms with Crippen molar-refractivity contribution < 1.29 is 14.3 Å². The summed E-state index contributed by atoms with van der Waals surface area (Å²) in [5, 5.41) is 0. The number of hydrogen-bond acceptors (Lipinski definition) is 4. The Hall–Kier alpha value is -1.46. The van der Waals surface area contributed by atoms with Crippen molar-refractivity contribution in [3.8, 4) is 11.5 Å². The second kappa shape index (κ2) is 7.70. The molecule has 2 rings (SSSR count). The fraction of sp³-hybridized carbons (Fsp3) is 0.562. The van der Waals surface area contributed by atoms with Gasteiger partial charge < -0.3 is 20.1 Å². The third kappa shape index (κ3) is 3.65. The summed E-state index contributed by atoms with van der Waals surface area (Å²) in [4.78, 5) is 14.3. The third-order valence-electron chi connectivity index (χ3n) is 4.21. The molecule has 0 saturated carbocycles. The van der Waals surface area contributed by atoms with Crippen molar-refractivity contribution in [2.45, 2.75) is 32.9 Å². The van der Waals surface area contributed by atoms with Crippen LogP contribution in [-0.2, 0) is 17.8 Å². The van der Waals surface area contributed by atoms with E-state index in [0.717, 1.165) is 24.3 Å². The van der Waals surface area contributed by atoms with E-state index in [0.29, 0.717) is 12.3 Å². The molecular formula is C16H25ClN2O3. The summed E-state index contributed by atoms with van der Waals surface area (Å²) in [5.74, 6) is 1.39. The number of amides is 1. The second-order valence-corrected chi connectivity index (χ2v) is 5.63. The van der Waals surface area contributed by atoms with Crippen LogP contribution in [-0.4, -0.2) is 37.6 Å². The first-order valence-electron chi connectivity index (χ1n) is 7.26. The van der Waals surface area contributed by atoms with Crippen molar-refractivity contribution in [3.05, 3.63) is 23.3 Å². The lowest BCUT2D eigenvalue weighted by molar-refractivity contribution is -0.136. The lowest BCUT2D eigenvalue weighted by Gasteiger charge is -2.32. The molecule has 0 saturated heterocycles. The number of hydrogen-bond donors (Lipinski definition) is 1. The Morgan fingerprint density at radius 1 is 1.18 bits per heavy atom. The second-order valence-electron chi connectivity index (χ2n) is 5.63. The zero-order valence-electron chi connectivity index (χ0n) is 13.6. The van der Waals surface area contributed by atoms with Crippen LogP contribution in [0.3, 0.4) is 0 Å². The van der Waals surface area contributed by atoms with Gasteiger partial charge in [0.2, 0.25) is 5.91 Å². The van der Waals surface area contributed by atoms with Crippen molar-refractivity contribution in [3.63, 3.8) is 0 Å². The van der Waals surface area contributed by atoms with E-state index in [-0.39, 0.29) is 30.3 Å². The smallest absolute Gasteiger partial charge is 0.227 e. The number of methoxy groups -OCH3 is 2. The van der Waals surface area contributed by atoms with Crippen LogP contribution < -0.4 is 15.2 Å². The van der Waals surface area contributed by atoms with Crippen molar-refractivity contribution in [1.82, 2.24) is 4.90 Å². The molecule has 2 atom stereocenters. The maximum absolute atomic E-state index is 12.4. The summed E-state index contributed by atoms with van der Waals surface area (Å²) < 4.78 is 10.7. The molecule has 22 heavy (non-hydrogen) atoms. The van der Waals surface area contributed by atoms with Gasteiger partial charge in [0.15, 0.2) is 11.5 Å². The third-order valence-corrected chi connectivity index (χ3v) is 4.21. The molecule has 1 aliphatic rings. The minimum absolute atomic E-state index is 0. The lowest BCUT2D eigenvalue weighted by Crippen LogP contribution is -2.43. The van der Waals surface area contributed by atoms with Gasteiger partial charge in [0, 0.05) is 19.1 Å². The molecule has 6 heteroatoms. The largest absolute Gasteiger partial charge is 0.493 e. The molecule has 5 nitrogen and oxygen atoms in total. The first-order chi connectivity index (χ1) is 9.97. The summed E-state index contributed by atoms with van der Waals surface area (Å²) in [7, 11) is 3.25. The highest BCUT2D eigenvalue weighted by atomic mass is 35.5. The number of halogens is 1. The number of nitrogens with two attached hydrogens (primary N) is 1. The van der Waals surface area contributed by atoms with Gasteiger partial charge in [-0.15, -0.1) is 12.4 Å². The van der Waals surface area contributed by atoms with Crippen LogP contribution in [0.4, 0.5) is 0 Å². The molecule has 2 N–H and O–H groups in total. The number of carbonyl (C=O) groups excluding carboxylic acids is 1. The summed E-state index contributed by atoms with van der Waals surface area (Å²) in [6, 6.07) is 3.83. The van der Waals surface area contributed by atoms with Gasteiger partial charge in [-0.1, -0.05) is 6.92 Å². The standard InChI is InChI=1S/C16H24N2O3.ClH/c1-10(11(2)17)16(19)18-6-5-12-7-14(20-3)15(21-4)8-13(12)9-18;/h7-8,10-11H,5-6,9,17H2,1-4H3;1H. The molecule has 0 aliphatic carbocycles. The molecule has 1 aliphatic heterocycles. The van der Waals surface area contributed by atoms with Crippen LogP contribution in [0.1, 0.15) is 25.0 Å². The minimum atomic E-state index is -0.160. The van der Waals surface area contributed by atoms with E-state index in [4.69, 9.17) is 15.2 Å². The Balaban J connectivity index is 0.00000242.